The predicted molar refractivity (Wildman–Crippen MR) is 73.1 cm³/mol. The van der Waals surface area contributed by atoms with Gasteiger partial charge in [-0.2, -0.15) is 0 Å². The maximum absolute atomic E-state index is 13.5. The van der Waals surface area contributed by atoms with Crippen molar-refractivity contribution >= 4 is 21.6 Å². The van der Waals surface area contributed by atoms with Crippen LogP contribution < -0.4 is 10.0 Å². The van der Waals surface area contributed by atoms with E-state index in [9.17, 15) is 12.8 Å². The van der Waals surface area contributed by atoms with Crippen molar-refractivity contribution in [2.45, 2.75) is 24.6 Å². The second-order valence-electron chi connectivity index (χ2n) is 4.53. The van der Waals surface area contributed by atoms with Crippen molar-refractivity contribution in [1.82, 2.24) is 10.0 Å². The molecule has 1 aliphatic heterocycles. The van der Waals surface area contributed by atoms with Gasteiger partial charge in [-0.15, -0.1) is 0 Å². The molecule has 1 atom stereocenters. The van der Waals surface area contributed by atoms with Gasteiger partial charge in [-0.25, -0.2) is 17.5 Å². The zero-order valence-electron chi connectivity index (χ0n) is 10.3. The van der Waals surface area contributed by atoms with E-state index in [0.29, 0.717) is 13.0 Å². The molecular weight excluding hydrogens is 291 g/mol. The topological polar surface area (TPSA) is 58.2 Å². The van der Waals surface area contributed by atoms with Crippen molar-refractivity contribution in [2.24, 2.45) is 0 Å². The van der Waals surface area contributed by atoms with E-state index in [4.69, 9.17) is 11.6 Å². The van der Waals surface area contributed by atoms with E-state index in [1.165, 1.54) is 18.2 Å². The standard InChI is InChI=1S/C12H16ClFN2O2S/c13-11-4-1-5-12(14)10(11)8-16-19(17,18)9-3-2-6-15-7-9/h1,4-5,9,15-16H,2-3,6-8H2. The third-order valence-corrected chi connectivity index (χ3v) is 5.38. The highest BCUT2D eigenvalue weighted by molar-refractivity contribution is 7.90. The fraction of sp³-hybridized carbons (Fsp3) is 0.500. The van der Waals surface area contributed by atoms with Gasteiger partial charge in [-0.1, -0.05) is 17.7 Å². The molecule has 1 aromatic rings. The zero-order valence-corrected chi connectivity index (χ0v) is 11.9. The molecule has 0 spiro atoms. The molecule has 106 valence electrons. The van der Waals surface area contributed by atoms with Gasteiger partial charge >= 0.3 is 0 Å². The molecule has 4 nitrogen and oxygen atoms in total. The molecule has 19 heavy (non-hydrogen) atoms. The summed E-state index contributed by atoms with van der Waals surface area (Å²) in [6, 6.07) is 4.29. The van der Waals surface area contributed by atoms with Gasteiger partial charge in [0.25, 0.3) is 0 Å². The number of hydrogen-bond donors (Lipinski definition) is 2. The summed E-state index contributed by atoms with van der Waals surface area (Å²) in [6.45, 7) is 1.15. The second-order valence-corrected chi connectivity index (χ2v) is 6.99. The van der Waals surface area contributed by atoms with Crippen molar-refractivity contribution in [3.05, 3.63) is 34.6 Å². The normalized spacial score (nSPS) is 20.4. The van der Waals surface area contributed by atoms with Gasteiger partial charge < -0.3 is 5.32 Å². The first kappa shape index (κ1) is 14.7. The maximum atomic E-state index is 13.5. The van der Waals surface area contributed by atoms with Gasteiger partial charge in [0.2, 0.25) is 10.0 Å². The first-order valence-corrected chi connectivity index (χ1v) is 8.05. The van der Waals surface area contributed by atoms with E-state index < -0.39 is 21.1 Å². The monoisotopic (exact) mass is 306 g/mol. The lowest BCUT2D eigenvalue weighted by atomic mass is 10.2. The van der Waals surface area contributed by atoms with Crippen LogP contribution in [0.3, 0.4) is 0 Å². The largest absolute Gasteiger partial charge is 0.315 e. The average Bonchev–Trinajstić information content (AvgIpc) is 2.39. The van der Waals surface area contributed by atoms with E-state index in [1.807, 2.05) is 0 Å². The number of hydrogen-bond acceptors (Lipinski definition) is 3. The second kappa shape index (κ2) is 6.17. The molecule has 0 aromatic heterocycles. The van der Waals surface area contributed by atoms with Crippen LogP contribution in [0.4, 0.5) is 4.39 Å². The summed E-state index contributed by atoms with van der Waals surface area (Å²) in [5, 5.41) is 2.80. The third kappa shape index (κ3) is 3.66. The summed E-state index contributed by atoms with van der Waals surface area (Å²) in [6.07, 6.45) is 1.44. The lowest BCUT2D eigenvalue weighted by Crippen LogP contribution is -2.44. The van der Waals surface area contributed by atoms with Crippen LogP contribution in [0.2, 0.25) is 5.02 Å². The molecular formula is C12H16ClFN2O2S. The molecule has 0 amide bonds. The highest BCUT2D eigenvalue weighted by Crippen LogP contribution is 2.19. The Morgan fingerprint density at radius 1 is 1.47 bits per heavy atom. The van der Waals surface area contributed by atoms with E-state index in [2.05, 4.69) is 10.0 Å². The van der Waals surface area contributed by atoms with Gasteiger partial charge in [0, 0.05) is 23.7 Å². The van der Waals surface area contributed by atoms with Crippen LogP contribution in [-0.2, 0) is 16.6 Å². The Bertz CT molecular complexity index is 524. The molecule has 0 radical (unpaired) electrons. The number of nitrogens with one attached hydrogen (secondary N) is 2. The molecule has 2 N–H and O–H groups in total. The fourth-order valence-corrected chi connectivity index (χ4v) is 3.70. The molecule has 0 bridgehead atoms. The van der Waals surface area contributed by atoms with Crippen molar-refractivity contribution in [3.63, 3.8) is 0 Å². The number of halogens is 2. The van der Waals surface area contributed by atoms with Gasteiger partial charge in [-0.05, 0) is 31.5 Å². The van der Waals surface area contributed by atoms with Crippen LogP contribution in [0.1, 0.15) is 18.4 Å². The Morgan fingerprint density at radius 3 is 2.89 bits per heavy atom. The third-order valence-electron chi connectivity index (χ3n) is 3.20. The zero-order chi connectivity index (χ0) is 13.9. The molecule has 1 saturated heterocycles. The number of rotatable bonds is 4. The van der Waals surface area contributed by atoms with Crippen LogP contribution in [0.5, 0.6) is 0 Å². The minimum atomic E-state index is -3.45. The molecule has 0 saturated carbocycles. The smallest absolute Gasteiger partial charge is 0.216 e. The highest BCUT2D eigenvalue weighted by atomic mass is 35.5. The van der Waals surface area contributed by atoms with Crippen LogP contribution in [0.15, 0.2) is 18.2 Å². The quantitative estimate of drug-likeness (QED) is 0.889. The first-order valence-electron chi connectivity index (χ1n) is 6.13. The minimum Gasteiger partial charge on any atom is -0.315 e. The van der Waals surface area contributed by atoms with E-state index >= 15 is 0 Å². The van der Waals surface area contributed by atoms with Crippen LogP contribution in [0.25, 0.3) is 0 Å². The Balaban J connectivity index is 2.05. The molecule has 1 aliphatic rings. The summed E-state index contributed by atoms with van der Waals surface area (Å²) in [4.78, 5) is 0. The van der Waals surface area contributed by atoms with Crippen LogP contribution >= 0.6 is 11.6 Å². The Morgan fingerprint density at radius 2 is 2.26 bits per heavy atom. The SMILES string of the molecule is O=S(=O)(NCc1c(F)cccc1Cl)C1CCCNC1. The summed E-state index contributed by atoms with van der Waals surface area (Å²) in [5.74, 6) is -0.503. The molecule has 1 heterocycles. The fourth-order valence-electron chi connectivity index (χ4n) is 2.08. The Hall–Kier alpha value is -0.690. The van der Waals surface area contributed by atoms with Crippen molar-refractivity contribution < 1.29 is 12.8 Å². The predicted octanol–water partition coefficient (Wildman–Crippen LogP) is 1.65. The van der Waals surface area contributed by atoms with Crippen molar-refractivity contribution in [1.29, 1.82) is 0 Å². The van der Waals surface area contributed by atoms with Gasteiger partial charge in [-0.3, -0.25) is 0 Å². The van der Waals surface area contributed by atoms with Crippen LogP contribution in [-0.4, -0.2) is 26.8 Å². The van der Waals surface area contributed by atoms with Crippen molar-refractivity contribution in [2.75, 3.05) is 13.1 Å². The first-order chi connectivity index (χ1) is 9.00. The molecule has 0 aliphatic carbocycles. The van der Waals surface area contributed by atoms with E-state index in [-0.39, 0.29) is 17.1 Å². The summed E-state index contributed by atoms with van der Waals surface area (Å²) >= 11 is 5.86. The Kier molecular flexibility index (Phi) is 4.78. The summed E-state index contributed by atoms with van der Waals surface area (Å²) in [7, 11) is -3.45. The molecule has 1 unspecified atom stereocenters. The lowest BCUT2D eigenvalue weighted by molar-refractivity contribution is 0.489. The number of piperidine rings is 1. The minimum absolute atomic E-state index is 0.121. The summed E-state index contributed by atoms with van der Waals surface area (Å²) < 4.78 is 40.1. The van der Waals surface area contributed by atoms with E-state index in [0.717, 1.165) is 13.0 Å². The highest BCUT2D eigenvalue weighted by Gasteiger charge is 2.27. The number of sulfonamides is 1. The molecule has 1 aromatic carbocycles. The molecule has 7 heteroatoms. The number of benzene rings is 1. The van der Waals surface area contributed by atoms with Gasteiger partial charge in [0.15, 0.2) is 0 Å². The van der Waals surface area contributed by atoms with Gasteiger partial charge in [0.1, 0.15) is 5.82 Å². The lowest BCUT2D eigenvalue weighted by Gasteiger charge is -2.23. The maximum Gasteiger partial charge on any atom is 0.216 e. The molecule has 1 fully saturated rings. The summed E-state index contributed by atoms with van der Waals surface area (Å²) in [5.41, 5.74) is 0.177. The van der Waals surface area contributed by atoms with Gasteiger partial charge in [0.05, 0.1) is 5.25 Å². The average molecular weight is 307 g/mol. The molecule has 2 rings (SSSR count). The van der Waals surface area contributed by atoms with Crippen molar-refractivity contribution in [3.8, 4) is 0 Å². The van der Waals surface area contributed by atoms with E-state index in [1.54, 1.807) is 0 Å². The Labute approximate surface area is 117 Å². The van der Waals surface area contributed by atoms with Crippen LogP contribution in [0, 0.1) is 5.82 Å².